The normalized spacial score (nSPS) is 22.0. The van der Waals surface area contributed by atoms with Crippen LogP contribution in [0.5, 0.6) is 0 Å². The van der Waals surface area contributed by atoms with Crippen molar-refractivity contribution in [3.63, 3.8) is 0 Å². The van der Waals surface area contributed by atoms with E-state index in [9.17, 15) is 5.11 Å². The number of aliphatic hydroxyl groups is 2. The zero-order chi connectivity index (χ0) is 17.1. The van der Waals surface area contributed by atoms with Crippen LogP contribution in [0.2, 0.25) is 5.02 Å². The third kappa shape index (κ3) is 3.93. The summed E-state index contributed by atoms with van der Waals surface area (Å²) < 4.78 is 1.23. The summed E-state index contributed by atoms with van der Waals surface area (Å²) in [6, 6.07) is 8.26. The number of nitrogens with zero attached hydrogens (tertiary/aromatic N) is 2. The Hall–Kier alpha value is -0.690. The Morgan fingerprint density at radius 2 is 2.00 bits per heavy atom. The molecule has 1 aliphatic heterocycles. The van der Waals surface area contributed by atoms with Gasteiger partial charge in [0.1, 0.15) is 0 Å². The summed E-state index contributed by atoms with van der Waals surface area (Å²) in [6.07, 6.45) is 0. The average Bonchev–Trinajstić information content (AvgIpc) is 3.09. The number of rotatable bonds is 7. The summed E-state index contributed by atoms with van der Waals surface area (Å²) in [7, 11) is 2.02. The van der Waals surface area contributed by atoms with Gasteiger partial charge in [0.25, 0.3) is 0 Å². The summed E-state index contributed by atoms with van der Waals surface area (Å²) in [5.74, 6) is 0.721. The summed E-state index contributed by atoms with van der Waals surface area (Å²) in [5, 5.41) is 20.8. The number of benzene rings is 1. The topological polar surface area (TPSA) is 46.9 Å². The third-order valence-corrected chi connectivity index (χ3v) is 6.58. The van der Waals surface area contributed by atoms with Crippen LogP contribution in [0, 0.1) is 11.8 Å². The van der Waals surface area contributed by atoms with Crippen molar-refractivity contribution >= 4 is 33.0 Å². The van der Waals surface area contributed by atoms with E-state index in [0.717, 1.165) is 36.6 Å². The van der Waals surface area contributed by atoms with Crippen molar-refractivity contribution in [2.24, 2.45) is 11.8 Å². The molecule has 2 atom stereocenters. The van der Waals surface area contributed by atoms with E-state index in [2.05, 4.69) is 21.9 Å². The number of likely N-dealkylation sites (N-methyl/N-ethyl adjacent to an activating group) is 1. The van der Waals surface area contributed by atoms with Crippen LogP contribution in [0.4, 0.5) is 0 Å². The fourth-order valence-corrected chi connectivity index (χ4v) is 5.15. The highest BCUT2D eigenvalue weighted by Gasteiger charge is 2.33. The molecule has 2 heterocycles. The van der Waals surface area contributed by atoms with Gasteiger partial charge >= 0.3 is 0 Å². The summed E-state index contributed by atoms with van der Waals surface area (Å²) >= 11 is 8.33. The minimum Gasteiger partial charge on any atom is -0.396 e. The number of fused-ring (bicyclic) bond motifs is 1. The van der Waals surface area contributed by atoms with E-state index in [1.54, 1.807) is 11.3 Å². The molecule has 1 aliphatic rings. The SMILES string of the molecule is CN(CCO)C[C@@H]1CN(Cc2sc3ccccc3c2Cl)C[C@@H]1CO. The Kier molecular flexibility index (Phi) is 6.13. The zero-order valence-corrected chi connectivity index (χ0v) is 15.6. The second kappa shape index (κ2) is 8.13. The fraction of sp³-hybridized carbons (Fsp3) is 0.556. The van der Waals surface area contributed by atoms with Gasteiger partial charge in [0.15, 0.2) is 0 Å². The maximum atomic E-state index is 9.71. The molecule has 132 valence electrons. The molecule has 0 saturated carbocycles. The van der Waals surface area contributed by atoms with Gasteiger partial charge in [0, 0.05) is 54.3 Å². The van der Waals surface area contributed by atoms with Gasteiger partial charge in [-0.1, -0.05) is 29.8 Å². The van der Waals surface area contributed by atoms with Crippen molar-refractivity contribution in [1.29, 1.82) is 0 Å². The molecule has 3 rings (SSSR count). The Labute approximate surface area is 152 Å². The molecule has 1 aromatic carbocycles. The van der Waals surface area contributed by atoms with E-state index in [1.807, 2.05) is 19.2 Å². The van der Waals surface area contributed by atoms with Gasteiger partial charge in [-0.25, -0.2) is 0 Å². The van der Waals surface area contributed by atoms with Crippen molar-refractivity contribution in [2.75, 3.05) is 46.4 Å². The van der Waals surface area contributed by atoms with Gasteiger partial charge in [0.2, 0.25) is 0 Å². The fourth-order valence-electron chi connectivity index (χ4n) is 3.61. The molecular weight excluding hydrogens is 344 g/mol. The number of halogens is 1. The molecule has 2 N–H and O–H groups in total. The number of aliphatic hydroxyl groups excluding tert-OH is 2. The lowest BCUT2D eigenvalue weighted by Gasteiger charge is -2.23. The first kappa shape index (κ1) is 18.1. The molecule has 0 unspecified atom stereocenters. The lowest BCUT2D eigenvalue weighted by Crippen LogP contribution is -2.32. The number of likely N-dealkylation sites (tertiary alicyclic amines) is 1. The van der Waals surface area contributed by atoms with Gasteiger partial charge in [-0.05, 0) is 24.9 Å². The smallest absolute Gasteiger partial charge is 0.0637 e. The molecule has 0 spiro atoms. The van der Waals surface area contributed by atoms with E-state index in [-0.39, 0.29) is 13.2 Å². The van der Waals surface area contributed by atoms with Gasteiger partial charge < -0.3 is 15.1 Å². The van der Waals surface area contributed by atoms with E-state index in [1.165, 1.54) is 9.58 Å². The summed E-state index contributed by atoms with van der Waals surface area (Å²) in [6.45, 7) is 4.68. The van der Waals surface area contributed by atoms with Crippen LogP contribution in [0.25, 0.3) is 10.1 Å². The Morgan fingerprint density at radius 1 is 1.25 bits per heavy atom. The van der Waals surface area contributed by atoms with Gasteiger partial charge in [-0.2, -0.15) is 0 Å². The molecular formula is C18H25ClN2O2S. The first-order chi connectivity index (χ1) is 11.6. The van der Waals surface area contributed by atoms with E-state index in [0.29, 0.717) is 18.4 Å². The number of hydrogen-bond donors (Lipinski definition) is 2. The van der Waals surface area contributed by atoms with Gasteiger partial charge in [-0.15, -0.1) is 11.3 Å². The minimum atomic E-state index is 0.175. The molecule has 0 aliphatic carbocycles. The monoisotopic (exact) mass is 368 g/mol. The third-order valence-electron chi connectivity index (χ3n) is 4.88. The van der Waals surface area contributed by atoms with Gasteiger partial charge in [-0.3, -0.25) is 4.90 Å². The highest BCUT2D eigenvalue weighted by Crippen LogP contribution is 2.37. The van der Waals surface area contributed by atoms with Crippen LogP contribution in [-0.2, 0) is 6.54 Å². The van der Waals surface area contributed by atoms with E-state index in [4.69, 9.17) is 16.7 Å². The van der Waals surface area contributed by atoms with E-state index >= 15 is 0 Å². The molecule has 24 heavy (non-hydrogen) atoms. The lowest BCUT2D eigenvalue weighted by atomic mass is 9.96. The highest BCUT2D eigenvalue weighted by atomic mass is 35.5. The molecule has 0 amide bonds. The largest absolute Gasteiger partial charge is 0.396 e. The maximum absolute atomic E-state index is 9.71. The second-order valence-corrected chi connectivity index (χ2v) is 8.23. The molecule has 0 bridgehead atoms. The van der Waals surface area contributed by atoms with Gasteiger partial charge in [0.05, 0.1) is 11.6 Å². The zero-order valence-electron chi connectivity index (χ0n) is 14.0. The predicted molar refractivity (Wildman–Crippen MR) is 101 cm³/mol. The number of hydrogen-bond acceptors (Lipinski definition) is 5. The molecule has 0 radical (unpaired) electrons. The summed E-state index contributed by atoms with van der Waals surface area (Å²) in [5.41, 5.74) is 0. The highest BCUT2D eigenvalue weighted by molar-refractivity contribution is 7.19. The molecule has 1 fully saturated rings. The molecule has 1 saturated heterocycles. The van der Waals surface area contributed by atoms with Crippen molar-refractivity contribution in [2.45, 2.75) is 6.54 Å². The Bertz CT molecular complexity index is 678. The molecule has 6 heteroatoms. The minimum absolute atomic E-state index is 0.175. The van der Waals surface area contributed by atoms with Crippen molar-refractivity contribution in [3.05, 3.63) is 34.2 Å². The quantitative estimate of drug-likeness (QED) is 0.788. The predicted octanol–water partition coefficient (Wildman–Crippen LogP) is 2.52. The standard InChI is InChI=1S/C18H25ClN2O2S/c1-20(6-7-22)8-13-9-21(10-14(13)12-23)11-17-18(19)15-4-2-3-5-16(15)24-17/h2-5,13-14,22-23H,6-12H2,1H3/t13-,14-/m1/s1. The average molecular weight is 369 g/mol. The van der Waals surface area contributed by atoms with Crippen molar-refractivity contribution in [3.8, 4) is 0 Å². The van der Waals surface area contributed by atoms with Crippen LogP contribution in [0.15, 0.2) is 24.3 Å². The van der Waals surface area contributed by atoms with Crippen LogP contribution in [0.3, 0.4) is 0 Å². The number of thiophene rings is 1. The first-order valence-corrected chi connectivity index (χ1v) is 9.60. The molecule has 4 nitrogen and oxygen atoms in total. The van der Waals surface area contributed by atoms with Crippen LogP contribution < -0.4 is 0 Å². The van der Waals surface area contributed by atoms with Crippen LogP contribution in [-0.4, -0.2) is 66.5 Å². The van der Waals surface area contributed by atoms with Crippen LogP contribution in [0.1, 0.15) is 4.88 Å². The van der Waals surface area contributed by atoms with Crippen molar-refractivity contribution in [1.82, 2.24) is 9.80 Å². The first-order valence-electron chi connectivity index (χ1n) is 8.41. The maximum Gasteiger partial charge on any atom is 0.0637 e. The second-order valence-electron chi connectivity index (χ2n) is 6.72. The Balaban J connectivity index is 1.68. The lowest BCUT2D eigenvalue weighted by molar-refractivity contribution is 0.160. The Morgan fingerprint density at radius 3 is 2.71 bits per heavy atom. The van der Waals surface area contributed by atoms with Crippen molar-refractivity contribution < 1.29 is 10.2 Å². The molecule has 2 aromatic rings. The summed E-state index contributed by atoms with van der Waals surface area (Å²) in [4.78, 5) is 5.75. The molecule has 1 aromatic heterocycles. The van der Waals surface area contributed by atoms with Crippen LogP contribution >= 0.6 is 22.9 Å². The van der Waals surface area contributed by atoms with E-state index < -0.39 is 0 Å².